The second-order valence-electron chi connectivity index (χ2n) is 1.40. The molecule has 0 unspecified atom stereocenters. The first kappa shape index (κ1) is 6.53. The molecule has 1 rings (SSSR count). The summed E-state index contributed by atoms with van der Waals surface area (Å²) in [6, 6.07) is 0. The minimum Gasteiger partial charge on any atom is -0.368 e. The summed E-state index contributed by atoms with van der Waals surface area (Å²) >= 11 is 0.676. The quantitative estimate of drug-likeness (QED) is 0.370. The number of nitrogens with two attached hydrogens (primary N) is 1. The van der Waals surface area contributed by atoms with Gasteiger partial charge in [-0.25, -0.2) is 4.99 Å². The van der Waals surface area contributed by atoms with Crippen LogP contribution in [-0.2, 0) is 0 Å². The van der Waals surface area contributed by atoms with E-state index in [1.165, 1.54) is 5.55 Å². The maximum atomic E-state index is 8.70. The van der Waals surface area contributed by atoms with Crippen molar-refractivity contribution >= 4 is 23.3 Å². The predicted molar refractivity (Wildman–Crippen MR) is 34.9 cm³/mol. The summed E-state index contributed by atoms with van der Waals surface area (Å²) in [4.78, 5) is 6.66. The molecule has 5 nitrogen and oxygen atoms in total. The lowest BCUT2D eigenvalue weighted by atomic mass is 10.9. The summed E-state index contributed by atoms with van der Waals surface area (Å²) in [6.07, 6.45) is 0. The van der Waals surface area contributed by atoms with Crippen LogP contribution in [0.25, 0.3) is 0 Å². The van der Waals surface area contributed by atoms with Crippen molar-refractivity contribution in [2.24, 2.45) is 15.7 Å². The van der Waals surface area contributed by atoms with Crippen molar-refractivity contribution in [1.82, 2.24) is 0 Å². The Labute approximate surface area is 55.3 Å². The number of thioether (sulfide) groups is 1. The number of nitrogens with zero attached hydrogens (tertiary/aromatic N) is 2. The Hall–Kier alpha value is -0.590. The van der Waals surface area contributed by atoms with Gasteiger partial charge in [0, 0.05) is 0 Å². The molecule has 0 radical (unpaired) electrons. The molecule has 1 aliphatic rings. The van der Waals surface area contributed by atoms with Crippen LogP contribution in [0, 0.1) is 0 Å². The lowest BCUT2D eigenvalue weighted by Crippen LogP contribution is -2.27. The minimum absolute atomic E-state index is 0.126. The Morgan fingerprint density at radius 2 is 2.33 bits per heavy atom. The smallest absolute Gasteiger partial charge is 0.326 e. The van der Waals surface area contributed by atoms with Gasteiger partial charge in [0.25, 0.3) is 0 Å². The van der Waals surface area contributed by atoms with E-state index in [0.29, 0.717) is 11.8 Å². The standard InChI is InChI=1S/C3H5N3O2S/c4-2-5-1-9-3(7,8)6-2/h1,7-8H,(H2,4,6). The van der Waals surface area contributed by atoms with Gasteiger partial charge in [0.05, 0.1) is 5.55 Å². The van der Waals surface area contributed by atoms with Crippen LogP contribution in [0.3, 0.4) is 0 Å². The summed E-state index contributed by atoms with van der Waals surface area (Å²) in [5.74, 6) is -0.126. The van der Waals surface area contributed by atoms with Crippen molar-refractivity contribution in [1.29, 1.82) is 0 Å². The van der Waals surface area contributed by atoms with Crippen LogP contribution in [0.1, 0.15) is 0 Å². The first-order valence-corrected chi connectivity index (χ1v) is 2.98. The average molecular weight is 147 g/mol. The molecule has 9 heavy (non-hydrogen) atoms. The highest BCUT2D eigenvalue weighted by Gasteiger charge is 2.24. The van der Waals surface area contributed by atoms with Crippen molar-refractivity contribution in [3.8, 4) is 0 Å². The monoisotopic (exact) mass is 147 g/mol. The fourth-order valence-electron chi connectivity index (χ4n) is 0.356. The van der Waals surface area contributed by atoms with Gasteiger partial charge in [-0.3, -0.25) is 0 Å². The highest BCUT2D eigenvalue weighted by Crippen LogP contribution is 2.20. The minimum atomic E-state index is -2.12. The number of aliphatic hydroxyl groups is 2. The van der Waals surface area contributed by atoms with Crippen LogP contribution in [-0.4, -0.2) is 27.0 Å². The number of aliphatic imine (C=N–C) groups is 2. The summed E-state index contributed by atoms with van der Waals surface area (Å²) < 4.78 is 0. The molecule has 0 atom stereocenters. The van der Waals surface area contributed by atoms with Gasteiger partial charge in [-0.05, 0) is 11.8 Å². The van der Waals surface area contributed by atoms with E-state index in [1.54, 1.807) is 0 Å². The molecule has 0 saturated heterocycles. The largest absolute Gasteiger partial charge is 0.368 e. The summed E-state index contributed by atoms with van der Waals surface area (Å²) in [6.45, 7) is 0. The van der Waals surface area contributed by atoms with E-state index >= 15 is 0 Å². The van der Waals surface area contributed by atoms with Gasteiger partial charge in [-0.1, -0.05) is 0 Å². The zero-order valence-corrected chi connectivity index (χ0v) is 5.17. The van der Waals surface area contributed by atoms with Crippen LogP contribution in [0.4, 0.5) is 0 Å². The molecule has 6 heteroatoms. The van der Waals surface area contributed by atoms with Crippen molar-refractivity contribution in [3.05, 3.63) is 0 Å². The number of rotatable bonds is 0. The lowest BCUT2D eigenvalue weighted by molar-refractivity contribution is -0.0665. The van der Waals surface area contributed by atoms with Crippen molar-refractivity contribution in [2.75, 3.05) is 0 Å². The number of hydrogen-bond donors (Lipinski definition) is 3. The van der Waals surface area contributed by atoms with Gasteiger partial charge in [-0.2, -0.15) is 4.99 Å². The van der Waals surface area contributed by atoms with E-state index in [2.05, 4.69) is 9.98 Å². The molecule has 0 aliphatic carbocycles. The van der Waals surface area contributed by atoms with Gasteiger partial charge >= 0.3 is 5.24 Å². The third-order valence-corrected chi connectivity index (χ3v) is 1.27. The zero-order valence-electron chi connectivity index (χ0n) is 4.35. The highest BCUT2D eigenvalue weighted by atomic mass is 32.2. The number of hydrogen-bond acceptors (Lipinski definition) is 6. The second kappa shape index (κ2) is 1.98. The molecule has 1 heterocycles. The van der Waals surface area contributed by atoms with Crippen LogP contribution in [0.2, 0.25) is 0 Å². The third kappa shape index (κ3) is 1.67. The maximum absolute atomic E-state index is 8.70. The van der Waals surface area contributed by atoms with E-state index in [1.807, 2.05) is 0 Å². The molecule has 0 bridgehead atoms. The van der Waals surface area contributed by atoms with Crippen LogP contribution < -0.4 is 5.73 Å². The molecule has 0 fully saturated rings. The van der Waals surface area contributed by atoms with Gasteiger partial charge in [0.2, 0.25) is 5.96 Å². The van der Waals surface area contributed by atoms with E-state index < -0.39 is 5.24 Å². The second-order valence-corrected chi connectivity index (χ2v) is 2.39. The lowest BCUT2D eigenvalue weighted by Gasteiger charge is -2.15. The molecule has 0 amide bonds. The summed E-state index contributed by atoms with van der Waals surface area (Å²) in [5, 5.41) is 15.3. The van der Waals surface area contributed by atoms with Crippen LogP contribution in [0.5, 0.6) is 0 Å². The van der Waals surface area contributed by atoms with E-state index in [-0.39, 0.29) is 5.96 Å². The fourth-order valence-corrected chi connectivity index (χ4v) is 0.804. The molecule has 0 saturated carbocycles. The molecule has 50 valence electrons. The molecule has 0 spiro atoms. The first-order valence-electron chi connectivity index (χ1n) is 2.10. The Balaban J connectivity index is 2.78. The Kier molecular flexibility index (Phi) is 1.43. The fraction of sp³-hybridized carbons (Fsp3) is 0.333. The zero-order chi connectivity index (χ0) is 6.91. The Bertz CT molecular complexity index is 176. The summed E-state index contributed by atoms with van der Waals surface area (Å²) in [7, 11) is 0. The molecule has 0 aromatic carbocycles. The van der Waals surface area contributed by atoms with Crippen molar-refractivity contribution < 1.29 is 10.2 Å². The van der Waals surface area contributed by atoms with Crippen molar-refractivity contribution in [3.63, 3.8) is 0 Å². The van der Waals surface area contributed by atoms with E-state index in [9.17, 15) is 0 Å². The van der Waals surface area contributed by atoms with E-state index in [0.717, 1.165) is 0 Å². The topological polar surface area (TPSA) is 91.2 Å². The number of guanidine groups is 1. The average Bonchev–Trinajstić information content (AvgIpc) is 1.60. The predicted octanol–water partition coefficient (Wildman–Crippen LogP) is -1.33. The molecule has 0 aromatic rings. The molecule has 4 N–H and O–H groups in total. The van der Waals surface area contributed by atoms with Crippen molar-refractivity contribution in [2.45, 2.75) is 5.24 Å². The molecule has 0 aromatic heterocycles. The summed E-state index contributed by atoms with van der Waals surface area (Å²) in [5.41, 5.74) is 6.25. The van der Waals surface area contributed by atoms with Crippen LogP contribution in [0.15, 0.2) is 9.98 Å². The molecular weight excluding hydrogens is 142 g/mol. The SMILES string of the molecule is NC1=NC(O)(O)SC=N1. The molecule has 1 aliphatic heterocycles. The van der Waals surface area contributed by atoms with Crippen LogP contribution >= 0.6 is 11.8 Å². The Morgan fingerprint density at radius 1 is 1.67 bits per heavy atom. The van der Waals surface area contributed by atoms with E-state index in [4.69, 9.17) is 15.9 Å². The first-order chi connectivity index (χ1) is 4.10. The third-order valence-electron chi connectivity index (χ3n) is 0.656. The maximum Gasteiger partial charge on any atom is 0.326 e. The molecular formula is C3H5N3O2S. The Morgan fingerprint density at radius 3 is 2.67 bits per heavy atom. The van der Waals surface area contributed by atoms with Gasteiger partial charge < -0.3 is 15.9 Å². The highest BCUT2D eigenvalue weighted by molar-refractivity contribution is 8.13. The normalized spacial score (nSPS) is 23.6. The van der Waals surface area contributed by atoms with Gasteiger partial charge in [0.15, 0.2) is 0 Å². The van der Waals surface area contributed by atoms with Gasteiger partial charge in [-0.15, -0.1) is 0 Å². The van der Waals surface area contributed by atoms with Gasteiger partial charge in [0.1, 0.15) is 0 Å².